The Morgan fingerprint density at radius 3 is 2.40 bits per heavy atom. The number of pyridine rings is 1. The topological polar surface area (TPSA) is 77.5 Å². The van der Waals surface area contributed by atoms with E-state index in [1.165, 1.54) is 19.1 Å². The lowest BCUT2D eigenvalue weighted by Gasteiger charge is -2.14. The quantitative estimate of drug-likeness (QED) is 0.402. The van der Waals surface area contributed by atoms with E-state index in [4.69, 9.17) is 32.7 Å². The van der Waals surface area contributed by atoms with E-state index >= 15 is 0 Å². The average Bonchev–Trinajstić information content (AvgIpc) is 2.75. The summed E-state index contributed by atoms with van der Waals surface area (Å²) in [6.45, 7) is 1.89. The zero-order chi connectivity index (χ0) is 21.5. The van der Waals surface area contributed by atoms with Crippen molar-refractivity contribution in [1.82, 2.24) is 4.98 Å². The lowest BCUT2D eigenvalue weighted by Crippen LogP contribution is -2.30. The molecule has 3 rings (SSSR count). The van der Waals surface area contributed by atoms with Crippen molar-refractivity contribution < 1.29 is 19.1 Å². The highest BCUT2D eigenvalue weighted by molar-refractivity contribution is 6.34. The maximum Gasteiger partial charge on any atom is 0.359 e. The van der Waals surface area contributed by atoms with Crippen molar-refractivity contribution in [1.29, 1.82) is 0 Å². The molecule has 0 spiro atoms. The van der Waals surface area contributed by atoms with Gasteiger partial charge in [0.1, 0.15) is 17.5 Å². The lowest BCUT2D eigenvalue weighted by molar-refractivity contribution is -0.123. The fourth-order valence-electron chi connectivity index (χ4n) is 2.45. The van der Waals surface area contributed by atoms with E-state index in [0.29, 0.717) is 18.0 Å². The van der Waals surface area contributed by atoms with Gasteiger partial charge in [-0.25, -0.2) is 9.78 Å². The smallest absolute Gasteiger partial charge is 0.359 e. The molecule has 1 N–H and O–H groups in total. The third-order valence-corrected chi connectivity index (χ3v) is 4.54. The molecule has 0 aliphatic carbocycles. The van der Waals surface area contributed by atoms with Crippen LogP contribution < -0.4 is 10.1 Å². The third-order valence-electron chi connectivity index (χ3n) is 4.03. The fourth-order valence-corrected chi connectivity index (χ4v) is 2.78. The molecule has 1 unspecified atom stereocenters. The van der Waals surface area contributed by atoms with Gasteiger partial charge in [0.05, 0.1) is 5.02 Å². The highest BCUT2D eigenvalue weighted by Gasteiger charge is 2.22. The number of ether oxygens (including phenoxy) is 2. The van der Waals surface area contributed by atoms with Crippen molar-refractivity contribution in [2.75, 3.05) is 5.32 Å². The Morgan fingerprint density at radius 1 is 1.00 bits per heavy atom. The van der Waals surface area contributed by atoms with Crippen LogP contribution >= 0.6 is 23.2 Å². The van der Waals surface area contributed by atoms with Crippen LogP contribution in [0.5, 0.6) is 5.75 Å². The molecule has 0 radical (unpaired) electrons. The van der Waals surface area contributed by atoms with Crippen LogP contribution in [0.15, 0.2) is 66.7 Å². The molecule has 1 aromatic heterocycles. The lowest BCUT2D eigenvalue weighted by atomic mass is 10.2. The van der Waals surface area contributed by atoms with Gasteiger partial charge in [0, 0.05) is 5.69 Å². The number of carbonyl (C=O) groups is 2. The Morgan fingerprint density at radius 2 is 1.70 bits per heavy atom. The van der Waals surface area contributed by atoms with E-state index in [1.54, 1.807) is 24.3 Å². The van der Waals surface area contributed by atoms with Gasteiger partial charge in [0.15, 0.2) is 11.8 Å². The average molecular weight is 445 g/mol. The third kappa shape index (κ3) is 5.95. The van der Waals surface area contributed by atoms with Crippen LogP contribution in [0.1, 0.15) is 23.0 Å². The summed E-state index contributed by atoms with van der Waals surface area (Å²) in [7, 11) is 0. The maximum atomic E-state index is 12.3. The predicted octanol–water partition coefficient (Wildman–Crippen LogP) is 5.15. The van der Waals surface area contributed by atoms with Gasteiger partial charge in [-0.15, -0.1) is 0 Å². The first kappa shape index (κ1) is 21.6. The van der Waals surface area contributed by atoms with Gasteiger partial charge in [0.25, 0.3) is 5.91 Å². The number of nitrogens with zero attached hydrogens (tertiary/aromatic N) is 1. The molecule has 0 aliphatic heterocycles. The molecule has 30 heavy (non-hydrogen) atoms. The molecule has 8 heteroatoms. The van der Waals surface area contributed by atoms with Gasteiger partial charge < -0.3 is 14.8 Å². The summed E-state index contributed by atoms with van der Waals surface area (Å²) in [6.07, 6.45) is -1.07. The van der Waals surface area contributed by atoms with E-state index in [0.717, 1.165) is 5.56 Å². The standard InChI is InChI=1S/C22H18Cl2N2O4/c1-14(30-22(28)20-18(23)11-12-19(24)26-20)21(27)25-16-7-9-17(10-8-16)29-13-15-5-3-2-4-6-15/h2-12,14H,13H2,1H3,(H,25,27). The Balaban J connectivity index is 1.53. The van der Waals surface area contributed by atoms with Gasteiger partial charge in [-0.05, 0) is 48.9 Å². The van der Waals surface area contributed by atoms with Crippen molar-refractivity contribution in [2.24, 2.45) is 0 Å². The first-order valence-electron chi connectivity index (χ1n) is 9.03. The summed E-state index contributed by atoms with van der Waals surface area (Å²) in [5.74, 6) is -0.674. The number of amides is 1. The van der Waals surface area contributed by atoms with Gasteiger partial charge >= 0.3 is 5.97 Å². The highest BCUT2D eigenvalue weighted by Crippen LogP contribution is 2.20. The van der Waals surface area contributed by atoms with Crippen LogP contribution in [-0.2, 0) is 16.1 Å². The normalized spacial score (nSPS) is 11.4. The van der Waals surface area contributed by atoms with E-state index in [-0.39, 0.29) is 15.9 Å². The highest BCUT2D eigenvalue weighted by atomic mass is 35.5. The monoisotopic (exact) mass is 444 g/mol. The summed E-state index contributed by atoms with van der Waals surface area (Å²) >= 11 is 11.7. The molecule has 6 nitrogen and oxygen atoms in total. The van der Waals surface area contributed by atoms with Gasteiger partial charge in [-0.1, -0.05) is 53.5 Å². The van der Waals surface area contributed by atoms with Crippen LogP contribution in [0.3, 0.4) is 0 Å². The van der Waals surface area contributed by atoms with Crippen LogP contribution in [0, 0.1) is 0 Å². The molecule has 1 amide bonds. The first-order valence-corrected chi connectivity index (χ1v) is 9.78. The fraction of sp³-hybridized carbons (Fsp3) is 0.136. The zero-order valence-electron chi connectivity index (χ0n) is 16.0. The number of halogens is 2. The van der Waals surface area contributed by atoms with Gasteiger partial charge in [0.2, 0.25) is 0 Å². The Labute approximate surface area is 183 Å². The van der Waals surface area contributed by atoms with Gasteiger partial charge in [-0.3, -0.25) is 4.79 Å². The summed E-state index contributed by atoms with van der Waals surface area (Å²) in [4.78, 5) is 28.4. The maximum absolute atomic E-state index is 12.3. The summed E-state index contributed by atoms with van der Waals surface area (Å²) in [5, 5.41) is 2.86. The van der Waals surface area contributed by atoms with Crippen molar-refractivity contribution in [2.45, 2.75) is 19.6 Å². The first-order chi connectivity index (χ1) is 14.4. The molecule has 3 aromatic rings. The molecule has 2 aromatic carbocycles. The van der Waals surface area contributed by atoms with Crippen LogP contribution in [0.4, 0.5) is 5.69 Å². The molecule has 0 saturated heterocycles. The number of anilines is 1. The van der Waals surface area contributed by atoms with Crippen LogP contribution in [-0.4, -0.2) is 23.0 Å². The summed E-state index contributed by atoms with van der Waals surface area (Å²) in [6, 6.07) is 19.5. The molecular formula is C22H18Cl2N2O4. The molecule has 154 valence electrons. The van der Waals surface area contributed by atoms with Gasteiger partial charge in [-0.2, -0.15) is 0 Å². The molecule has 1 atom stereocenters. The second-order valence-electron chi connectivity index (χ2n) is 6.30. The Hall–Kier alpha value is -3.09. The number of nitrogens with one attached hydrogen (secondary N) is 1. The van der Waals surface area contributed by atoms with Crippen molar-refractivity contribution in [3.05, 3.63) is 88.2 Å². The second kappa shape index (κ2) is 10.1. The minimum Gasteiger partial charge on any atom is -0.489 e. The van der Waals surface area contributed by atoms with Crippen molar-refractivity contribution in [3.8, 4) is 5.75 Å². The predicted molar refractivity (Wildman–Crippen MR) is 115 cm³/mol. The number of hydrogen-bond donors (Lipinski definition) is 1. The minimum atomic E-state index is -1.07. The zero-order valence-corrected chi connectivity index (χ0v) is 17.5. The molecule has 0 aliphatic rings. The van der Waals surface area contributed by atoms with Crippen LogP contribution in [0.25, 0.3) is 0 Å². The van der Waals surface area contributed by atoms with E-state index in [9.17, 15) is 9.59 Å². The minimum absolute atomic E-state index is 0.0862. The molecule has 1 heterocycles. The van der Waals surface area contributed by atoms with E-state index in [2.05, 4.69) is 10.3 Å². The number of esters is 1. The number of aromatic nitrogens is 1. The van der Waals surface area contributed by atoms with E-state index < -0.39 is 18.0 Å². The number of benzene rings is 2. The van der Waals surface area contributed by atoms with Crippen LogP contribution in [0.2, 0.25) is 10.2 Å². The molecule has 0 bridgehead atoms. The number of carbonyl (C=O) groups excluding carboxylic acids is 2. The van der Waals surface area contributed by atoms with Crippen molar-refractivity contribution in [3.63, 3.8) is 0 Å². The molecule has 0 fully saturated rings. The molecule has 0 saturated carbocycles. The summed E-state index contributed by atoms with van der Waals surface area (Å²) in [5.41, 5.74) is 1.44. The Bertz CT molecular complexity index is 1030. The summed E-state index contributed by atoms with van der Waals surface area (Å²) < 4.78 is 10.8. The van der Waals surface area contributed by atoms with E-state index in [1.807, 2.05) is 30.3 Å². The SMILES string of the molecule is CC(OC(=O)c1nc(Cl)ccc1Cl)C(=O)Nc1ccc(OCc2ccccc2)cc1. The number of hydrogen-bond acceptors (Lipinski definition) is 5. The van der Waals surface area contributed by atoms with Crippen molar-refractivity contribution >= 4 is 40.8 Å². The second-order valence-corrected chi connectivity index (χ2v) is 7.09. The number of rotatable bonds is 7. The largest absolute Gasteiger partial charge is 0.489 e. The molecular weight excluding hydrogens is 427 g/mol. The Kier molecular flexibility index (Phi) is 7.27.